The molecule has 1 N–H and O–H groups in total. The first kappa shape index (κ1) is 19.2. The van der Waals surface area contributed by atoms with Crippen molar-refractivity contribution in [1.82, 2.24) is 9.78 Å². The summed E-state index contributed by atoms with van der Waals surface area (Å²) in [6.07, 6.45) is 0.306. The van der Waals surface area contributed by atoms with Crippen LogP contribution in [0.3, 0.4) is 0 Å². The summed E-state index contributed by atoms with van der Waals surface area (Å²) in [5.74, 6) is 0.717. The molecule has 2 aromatic carbocycles. The molecule has 3 aromatic rings. The Morgan fingerprint density at radius 2 is 1.70 bits per heavy atom. The average molecular weight is 428 g/mol. The standard InChI is InChI=1S/C21H22BrN3O2/c1-14-21(23-20(26)12-16-6-10-19(27-3)11-7-16)15(2)25(24-14)13-17-4-8-18(22)9-5-17/h4-11H,12-13H2,1-3H3,(H,23,26). The number of halogens is 1. The number of aromatic nitrogens is 2. The molecule has 0 aliphatic heterocycles. The van der Waals surface area contributed by atoms with Crippen molar-refractivity contribution in [1.29, 1.82) is 0 Å². The molecule has 5 nitrogen and oxygen atoms in total. The lowest BCUT2D eigenvalue weighted by atomic mass is 10.1. The van der Waals surface area contributed by atoms with Crippen LogP contribution in [0.1, 0.15) is 22.5 Å². The Morgan fingerprint density at radius 1 is 1.07 bits per heavy atom. The third-order valence-electron chi connectivity index (χ3n) is 4.42. The van der Waals surface area contributed by atoms with Crippen molar-refractivity contribution >= 4 is 27.5 Å². The quantitative estimate of drug-likeness (QED) is 0.629. The van der Waals surface area contributed by atoms with Gasteiger partial charge in [-0.05, 0) is 49.2 Å². The van der Waals surface area contributed by atoms with Gasteiger partial charge < -0.3 is 10.1 Å². The van der Waals surface area contributed by atoms with Crippen molar-refractivity contribution in [3.63, 3.8) is 0 Å². The van der Waals surface area contributed by atoms with Gasteiger partial charge in [0.05, 0.1) is 37.2 Å². The molecule has 0 aliphatic carbocycles. The minimum absolute atomic E-state index is 0.0606. The normalized spacial score (nSPS) is 10.7. The smallest absolute Gasteiger partial charge is 0.228 e. The lowest BCUT2D eigenvalue weighted by Gasteiger charge is -2.08. The number of amides is 1. The predicted molar refractivity (Wildman–Crippen MR) is 110 cm³/mol. The maximum absolute atomic E-state index is 12.5. The van der Waals surface area contributed by atoms with Gasteiger partial charge in [-0.15, -0.1) is 0 Å². The number of nitrogens with one attached hydrogen (secondary N) is 1. The number of hydrogen-bond donors (Lipinski definition) is 1. The third-order valence-corrected chi connectivity index (χ3v) is 4.94. The van der Waals surface area contributed by atoms with E-state index in [1.807, 2.05) is 54.9 Å². The number of carbonyl (C=O) groups excluding carboxylic acids is 1. The van der Waals surface area contributed by atoms with Crippen LogP contribution >= 0.6 is 15.9 Å². The molecular weight excluding hydrogens is 406 g/mol. The summed E-state index contributed by atoms with van der Waals surface area (Å²) >= 11 is 3.45. The fourth-order valence-corrected chi connectivity index (χ4v) is 3.17. The molecule has 0 saturated heterocycles. The van der Waals surface area contributed by atoms with Crippen molar-refractivity contribution in [3.8, 4) is 5.75 Å². The summed E-state index contributed by atoms with van der Waals surface area (Å²) < 4.78 is 8.11. The largest absolute Gasteiger partial charge is 0.497 e. The molecule has 0 saturated carbocycles. The lowest BCUT2D eigenvalue weighted by Crippen LogP contribution is -2.15. The third kappa shape index (κ3) is 4.77. The molecule has 0 radical (unpaired) electrons. The molecular formula is C21H22BrN3O2. The Balaban J connectivity index is 1.69. The van der Waals surface area contributed by atoms with Crippen molar-refractivity contribution < 1.29 is 9.53 Å². The summed E-state index contributed by atoms with van der Waals surface area (Å²) in [5.41, 5.74) is 4.63. The van der Waals surface area contributed by atoms with Gasteiger partial charge >= 0.3 is 0 Å². The Kier molecular flexibility index (Phi) is 5.96. The van der Waals surface area contributed by atoms with Crippen molar-refractivity contribution in [2.45, 2.75) is 26.8 Å². The van der Waals surface area contributed by atoms with E-state index in [1.54, 1.807) is 7.11 Å². The maximum atomic E-state index is 12.5. The van der Waals surface area contributed by atoms with E-state index < -0.39 is 0 Å². The highest BCUT2D eigenvalue weighted by atomic mass is 79.9. The highest BCUT2D eigenvalue weighted by Gasteiger charge is 2.15. The summed E-state index contributed by atoms with van der Waals surface area (Å²) in [6.45, 7) is 4.55. The summed E-state index contributed by atoms with van der Waals surface area (Å²) in [4.78, 5) is 12.5. The first-order chi connectivity index (χ1) is 13.0. The zero-order valence-corrected chi connectivity index (χ0v) is 17.2. The monoisotopic (exact) mass is 427 g/mol. The van der Waals surface area contributed by atoms with E-state index in [0.29, 0.717) is 13.0 Å². The van der Waals surface area contributed by atoms with E-state index in [0.717, 1.165) is 38.4 Å². The molecule has 0 fully saturated rings. The van der Waals surface area contributed by atoms with Gasteiger partial charge in [-0.2, -0.15) is 5.10 Å². The Labute approximate surface area is 167 Å². The van der Waals surface area contributed by atoms with E-state index in [4.69, 9.17) is 4.74 Å². The molecule has 140 valence electrons. The summed E-state index contributed by atoms with van der Waals surface area (Å²) in [7, 11) is 1.62. The van der Waals surface area contributed by atoms with Crippen molar-refractivity contribution in [2.24, 2.45) is 0 Å². The molecule has 0 unspecified atom stereocenters. The molecule has 27 heavy (non-hydrogen) atoms. The zero-order valence-electron chi connectivity index (χ0n) is 15.6. The molecule has 1 aromatic heterocycles. The number of aryl methyl sites for hydroxylation is 1. The maximum Gasteiger partial charge on any atom is 0.228 e. The number of methoxy groups -OCH3 is 1. The van der Waals surface area contributed by atoms with Crippen molar-refractivity contribution in [3.05, 3.63) is 75.5 Å². The molecule has 1 heterocycles. The minimum Gasteiger partial charge on any atom is -0.497 e. The predicted octanol–water partition coefficient (Wildman–Crippen LogP) is 4.50. The van der Waals surface area contributed by atoms with Crippen LogP contribution in [-0.2, 0) is 17.8 Å². The molecule has 0 atom stereocenters. The second-order valence-electron chi connectivity index (χ2n) is 6.40. The van der Waals surface area contributed by atoms with E-state index >= 15 is 0 Å². The van der Waals surface area contributed by atoms with E-state index in [1.165, 1.54) is 0 Å². The number of hydrogen-bond acceptors (Lipinski definition) is 3. The Morgan fingerprint density at radius 3 is 2.33 bits per heavy atom. The van der Waals surface area contributed by atoms with Gasteiger partial charge in [-0.1, -0.05) is 40.2 Å². The van der Waals surface area contributed by atoms with Crippen LogP contribution in [0, 0.1) is 13.8 Å². The van der Waals surface area contributed by atoms with Crippen LogP contribution < -0.4 is 10.1 Å². The van der Waals surface area contributed by atoms with Crippen LogP contribution in [-0.4, -0.2) is 22.8 Å². The van der Waals surface area contributed by atoms with Gasteiger partial charge in [0.25, 0.3) is 0 Å². The molecule has 3 rings (SSSR count). The van der Waals surface area contributed by atoms with E-state index in [-0.39, 0.29) is 5.91 Å². The number of ether oxygens (including phenoxy) is 1. The van der Waals surface area contributed by atoms with Gasteiger partial charge in [0, 0.05) is 4.47 Å². The average Bonchev–Trinajstić information content (AvgIpc) is 2.91. The highest BCUT2D eigenvalue weighted by molar-refractivity contribution is 9.10. The second kappa shape index (κ2) is 8.39. The minimum atomic E-state index is -0.0606. The second-order valence-corrected chi connectivity index (χ2v) is 7.32. The number of carbonyl (C=O) groups is 1. The van der Waals surface area contributed by atoms with Crippen LogP contribution in [0.4, 0.5) is 5.69 Å². The first-order valence-electron chi connectivity index (χ1n) is 8.67. The van der Waals surface area contributed by atoms with Crippen molar-refractivity contribution in [2.75, 3.05) is 12.4 Å². The van der Waals surface area contributed by atoms with Crippen LogP contribution in [0.5, 0.6) is 5.75 Å². The van der Waals surface area contributed by atoms with Crippen LogP contribution in [0.15, 0.2) is 53.0 Å². The van der Waals surface area contributed by atoms with Gasteiger partial charge in [-0.3, -0.25) is 9.48 Å². The topological polar surface area (TPSA) is 56.1 Å². The molecule has 6 heteroatoms. The summed E-state index contributed by atoms with van der Waals surface area (Å²) in [6, 6.07) is 15.6. The number of rotatable bonds is 6. The van der Waals surface area contributed by atoms with Crippen LogP contribution in [0.25, 0.3) is 0 Å². The fourth-order valence-electron chi connectivity index (χ4n) is 2.91. The number of benzene rings is 2. The molecule has 1 amide bonds. The Bertz CT molecular complexity index is 931. The fraction of sp³-hybridized carbons (Fsp3) is 0.238. The van der Waals surface area contributed by atoms with E-state index in [2.05, 4.69) is 38.5 Å². The molecule has 0 aliphatic rings. The first-order valence-corrected chi connectivity index (χ1v) is 9.47. The van der Waals surface area contributed by atoms with Gasteiger partial charge in [0.15, 0.2) is 0 Å². The van der Waals surface area contributed by atoms with Crippen LogP contribution in [0.2, 0.25) is 0 Å². The van der Waals surface area contributed by atoms with Gasteiger partial charge in [-0.25, -0.2) is 0 Å². The molecule has 0 spiro atoms. The van der Waals surface area contributed by atoms with Gasteiger partial charge in [0.1, 0.15) is 5.75 Å². The SMILES string of the molecule is COc1ccc(CC(=O)Nc2c(C)nn(Cc3ccc(Br)cc3)c2C)cc1. The summed E-state index contributed by atoms with van der Waals surface area (Å²) in [5, 5.41) is 7.59. The molecule has 0 bridgehead atoms. The number of anilines is 1. The van der Waals surface area contributed by atoms with E-state index in [9.17, 15) is 4.79 Å². The zero-order chi connectivity index (χ0) is 19.4. The lowest BCUT2D eigenvalue weighted by molar-refractivity contribution is -0.115. The highest BCUT2D eigenvalue weighted by Crippen LogP contribution is 2.21. The van der Waals surface area contributed by atoms with Gasteiger partial charge in [0.2, 0.25) is 5.91 Å². The number of nitrogens with zero attached hydrogens (tertiary/aromatic N) is 2. The Hall–Kier alpha value is -2.60.